The number of nitrogens with one attached hydrogen (secondary N) is 1. The van der Waals surface area contributed by atoms with Crippen LogP contribution in [0.4, 0.5) is 0 Å². The van der Waals surface area contributed by atoms with E-state index in [9.17, 15) is 0 Å². The smallest absolute Gasteiger partial charge is 0.0596 e. The van der Waals surface area contributed by atoms with Gasteiger partial charge in [0.2, 0.25) is 0 Å². The molecule has 0 saturated carbocycles. The quantitative estimate of drug-likeness (QED) is 0.806. The number of hydrogen-bond donors (Lipinski definition) is 1. The van der Waals surface area contributed by atoms with Crippen LogP contribution in [0.25, 0.3) is 0 Å². The maximum Gasteiger partial charge on any atom is 0.0596 e. The highest BCUT2D eigenvalue weighted by Gasteiger charge is 2.17. The number of rotatable bonds is 3. The third-order valence-corrected chi connectivity index (χ3v) is 4.81. The van der Waals surface area contributed by atoms with E-state index < -0.39 is 0 Å². The Hall–Kier alpha value is -0.160. The van der Waals surface area contributed by atoms with Crippen LogP contribution in [-0.4, -0.2) is 7.05 Å². The van der Waals surface area contributed by atoms with E-state index in [1.807, 2.05) is 7.05 Å². The number of halogens is 2. The van der Waals surface area contributed by atoms with Crippen molar-refractivity contribution in [2.45, 2.75) is 13.0 Å². The molecule has 0 bridgehead atoms. The highest BCUT2D eigenvalue weighted by Crippen LogP contribution is 2.33. The van der Waals surface area contributed by atoms with E-state index in [-0.39, 0.29) is 6.04 Å². The Bertz CT molecular complexity index is 522. The molecule has 1 nitrogen and oxygen atoms in total. The first kappa shape index (κ1) is 13.3. The van der Waals surface area contributed by atoms with Gasteiger partial charge in [0.1, 0.15) is 0 Å². The Labute approximate surface area is 123 Å². The summed E-state index contributed by atoms with van der Waals surface area (Å²) in [6, 6.07) is 8.74. The van der Waals surface area contributed by atoms with Crippen LogP contribution in [0, 0.1) is 6.92 Å². The standard InChI is InChI=1S/C13H13Br2NS/c1-8-10(5-6-17-8)13(16-2)11-4-3-9(14)7-12(11)15/h3-7,13,16H,1-2H3. The average Bonchev–Trinajstić information content (AvgIpc) is 2.69. The second-order valence-electron chi connectivity index (χ2n) is 3.82. The van der Waals surface area contributed by atoms with Gasteiger partial charge in [-0.25, -0.2) is 0 Å². The van der Waals surface area contributed by atoms with Crippen LogP contribution < -0.4 is 5.32 Å². The molecule has 0 saturated heterocycles. The lowest BCUT2D eigenvalue weighted by Crippen LogP contribution is -2.18. The molecule has 0 radical (unpaired) electrons. The van der Waals surface area contributed by atoms with E-state index in [4.69, 9.17) is 0 Å². The molecule has 1 atom stereocenters. The summed E-state index contributed by atoms with van der Waals surface area (Å²) in [5, 5.41) is 5.52. The van der Waals surface area contributed by atoms with Crippen molar-refractivity contribution in [3.8, 4) is 0 Å². The largest absolute Gasteiger partial charge is 0.309 e. The van der Waals surface area contributed by atoms with Gasteiger partial charge < -0.3 is 5.32 Å². The van der Waals surface area contributed by atoms with Gasteiger partial charge in [0.15, 0.2) is 0 Å². The Morgan fingerprint density at radius 1 is 1.18 bits per heavy atom. The van der Waals surface area contributed by atoms with E-state index in [1.54, 1.807) is 11.3 Å². The van der Waals surface area contributed by atoms with Gasteiger partial charge in [-0.15, -0.1) is 11.3 Å². The molecule has 0 spiro atoms. The van der Waals surface area contributed by atoms with Crippen molar-refractivity contribution < 1.29 is 0 Å². The second-order valence-corrected chi connectivity index (χ2v) is 6.71. The number of benzene rings is 1. The predicted molar refractivity (Wildman–Crippen MR) is 81.8 cm³/mol. The van der Waals surface area contributed by atoms with E-state index in [2.05, 4.69) is 73.7 Å². The molecule has 0 aliphatic carbocycles. The lowest BCUT2D eigenvalue weighted by atomic mass is 10.00. The van der Waals surface area contributed by atoms with E-state index in [0.717, 1.165) is 8.95 Å². The molecule has 2 aromatic rings. The summed E-state index contributed by atoms with van der Waals surface area (Å²) in [4.78, 5) is 1.36. The fourth-order valence-corrected chi connectivity index (χ4v) is 3.93. The molecule has 1 aromatic carbocycles. The van der Waals surface area contributed by atoms with Crippen molar-refractivity contribution in [2.24, 2.45) is 0 Å². The van der Waals surface area contributed by atoms with E-state index in [0.29, 0.717) is 0 Å². The normalized spacial score (nSPS) is 12.7. The predicted octanol–water partition coefficient (Wildman–Crippen LogP) is 4.89. The van der Waals surface area contributed by atoms with Crippen molar-refractivity contribution in [2.75, 3.05) is 7.05 Å². The summed E-state index contributed by atoms with van der Waals surface area (Å²) >= 11 is 8.90. The van der Waals surface area contributed by atoms with Gasteiger partial charge in [-0.1, -0.05) is 37.9 Å². The first-order valence-electron chi connectivity index (χ1n) is 5.29. The summed E-state index contributed by atoms with van der Waals surface area (Å²) in [5.74, 6) is 0. The molecule has 2 rings (SSSR count). The highest BCUT2D eigenvalue weighted by atomic mass is 79.9. The molecule has 1 N–H and O–H groups in total. The molecule has 17 heavy (non-hydrogen) atoms. The Kier molecular flexibility index (Phi) is 4.42. The molecular formula is C13H13Br2NS. The topological polar surface area (TPSA) is 12.0 Å². The summed E-state index contributed by atoms with van der Waals surface area (Å²) in [7, 11) is 2.00. The fraction of sp³-hybridized carbons (Fsp3) is 0.231. The van der Waals surface area contributed by atoms with Gasteiger partial charge in [-0.3, -0.25) is 0 Å². The molecule has 1 heterocycles. The van der Waals surface area contributed by atoms with Crippen molar-refractivity contribution in [3.63, 3.8) is 0 Å². The molecule has 1 unspecified atom stereocenters. The first-order chi connectivity index (χ1) is 8.13. The molecule has 0 amide bonds. The van der Waals surface area contributed by atoms with Gasteiger partial charge in [0.25, 0.3) is 0 Å². The highest BCUT2D eigenvalue weighted by molar-refractivity contribution is 9.11. The summed E-state index contributed by atoms with van der Waals surface area (Å²) in [6.07, 6.45) is 0. The van der Waals surface area contributed by atoms with Crippen molar-refractivity contribution in [1.29, 1.82) is 0 Å². The van der Waals surface area contributed by atoms with Crippen LogP contribution in [0.5, 0.6) is 0 Å². The molecule has 90 valence electrons. The third-order valence-electron chi connectivity index (χ3n) is 2.77. The summed E-state index contributed by atoms with van der Waals surface area (Å²) in [6.45, 7) is 2.16. The number of aryl methyl sites for hydroxylation is 1. The van der Waals surface area contributed by atoms with Crippen LogP contribution in [0.15, 0.2) is 38.6 Å². The lowest BCUT2D eigenvalue weighted by Gasteiger charge is -2.18. The zero-order valence-corrected chi connectivity index (χ0v) is 13.6. The number of thiophene rings is 1. The summed E-state index contributed by atoms with van der Waals surface area (Å²) < 4.78 is 2.21. The van der Waals surface area contributed by atoms with Crippen LogP contribution in [0.1, 0.15) is 22.0 Å². The number of hydrogen-bond acceptors (Lipinski definition) is 2. The SMILES string of the molecule is CNC(c1ccc(Br)cc1Br)c1ccsc1C. The Balaban J connectivity index is 2.46. The Morgan fingerprint density at radius 3 is 2.47 bits per heavy atom. The fourth-order valence-electron chi connectivity index (χ4n) is 1.91. The van der Waals surface area contributed by atoms with Gasteiger partial charge >= 0.3 is 0 Å². The zero-order chi connectivity index (χ0) is 12.4. The minimum Gasteiger partial charge on any atom is -0.309 e. The van der Waals surface area contributed by atoms with Crippen molar-refractivity contribution in [3.05, 3.63) is 54.6 Å². The van der Waals surface area contributed by atoms with Gasteiger partial charge in [-0.05, 0) is 48.7 Å². The molecule has 0 fully saturated rings. The maximum atomic E-state index is 3.63. The monoisotopic (exact) mass is 373 g/mol. The van der Waals surface area contributed by atoms with Crippen molar-refractivity contribution >= 4 is 43.2 Å². The minimum atomic E-state index is 0.240. The molecule has 4 heteroatoms. The maximum absolute atomic E-state index is 3.63. The molecular weight excluding hydrogens is 362 g/mol. The van der Waals surface area contributed by atoms with Crippen molar-refractivity contribution in [1.82, 2.24) is 5.32 Å². The van der Waals surface area contributed by atoms with Gasteiger partial charge in [0.05, 0.1) is 6.04 Å². The summed E-state index contributed by atoms with van der Waals surface area (Å²) in [5.41, 5.74) is 2.61. The zero-order valence-electron chi connectivity index (χ0n) is 9.63. The average molecular weight is 375 g/mol. The first-order valence-corrected chi connectivity index (χ1v) is 7.76. The Morgan fingerprint density at radius 2 is 1.94 bits per heavy atom. The minimum absolute atomic E-state index is 0.240. The third kappa shape index (κ3) is 2.81. The molecule has 1 aromatic heterocycles. The van der Waals surface area contributed by atoms with Gasteiger partial charge in [0, 0.05) is 13.8 Å². The van der Waals surface area contributed by atoms with Gasteiger partial charge in [-0.2, -0.15) is 0 Å². The van der Waals surface area contributed by atoms with Crippen LogP contribution >= 0.6 is 43.2 Å². The lowest BCUT2D eigenvalue weighted by molar-refractivity contribution is 0.688. The van der Waals surface area contributed by atoms with Crippen LogP contribution in [0.3, 0.4) is 0 Å². The van der Waals surface area contributed by atoms with Crippen LogP contribution in [0.2, 0.25) is 0 Å². The van der Waals surface area contributed by atoms with Crippen LogP contribution in [-0.2, 0) is 0 Å². The molecule has 0 aliphatic heterocycles. The second kappa shape index (κ2) is 5.65. The van der Waals surface area contributed by atoms with E-state index in [1.165, 1.54) is 16.0 Å². The van der Waals surface area contributed by atoms with E-state index >= 15 is 0 Å². The molecule has 0 aliphatic rings.